The number of aromatic nitrogens is 1. The van der Waals surface area contributed by atoms with Crippen LogP contribution in [0.25, 0.3) is 0 Å². The molecule has 1 aliphatic rings. The largest absolute Gasteiger partial charge is 0.327 e. The summed E-state index contributed by atoms with van der Waals surface area (Å²) in [5.41, 5.74) is 0. The lowest BCUT2D eigenvalue weighted by molar-refractivity contribution is -0.896. The minimum absolute atomic E-state index is 0.0522. The summed E-state index contributed by atoms with van der Waals surface area (Å²) in [6, 6.07) is 1.57. The lowest BCUT2D eigenvalue weighted by atomic mass is 10.1. The number of hydrogen-bond acceptors (Lipinski definition) is 2. The van der Waals surface area contributed by atoms with Gasteiger partial charge in [-0.05, 0) is 25.3 Å². The van der Waals surface area contributed by atoms with Crippen LogP contribution in [-0.2, 0) is 4.79 Å². The molecular formula is C12H16Cl2N3O+. The summed E-state index contributed by atoms with van der Waals surface area (Å²) in [6.07, 6.45) is 5.14. The average Bonchev–Trinajstić information content (AvgIpc) is 2.34. The van der Waals surface area contributed by atoms with Crippen LogP contribution < -0.4 is 10.2 Å². The Hall–Kier alpha value is -0.840. The first-order valence-electron chi connectivity index (χ1n) is 6.09. The molecule has 0 unspecified atom stereocenters. The number of amides is 1. The number of hydrogen-bond donors (Lipinski definition) is 2. The summed E-state index contributed by atoms with van der Waals surface area (Å²) in [5, 5.41) is 3.55. The molecule has 18 heavy (non-hydrogen) atoms. The highest BCUT2D eigenvalue weighted by Crippen LogP contribution is 2.22. The number of carbonyl (C=O) groups is 1. The molecule has 1 saturated heterocycles. The van der Waals surface area contributed by atoms with Crippen molar-refractivity contribution in [2.24, 2.45) is 0 Å². The molecule has 1 aromatic rings. The van der Waals surface area contributed by atoms with Gasteiger partial charge in [0.05, 0.1) is 23.1 Å². The van der Waals surface area contributed by atoms with Gasteiger partial charge in [-0.15, -0.1) is 0 Å². The number of quaternary nitrogens is 1. The molecule has 2 rings (SSSR count). The maximum atomic E-state index is 11.9. The van der Waals surface area contributed by atoms with Crippen molar-refractivity contribution in [2.45, 2.75) is 19.3 Å². The smallest absolute Gasteiger partial charge is 0.280 e. The van der Waals surface area contributed by atoms with Gasteiger partial charge in [0.1, 0.15) is 0 Å². The van der Waals surface area contributed by atoms with Crippen LogP contribution >= 0.6 is 23.2 Å². The Kier molecular flexibility index (Phi) is 4.80. The van der Waals surface area contributed by atoms with Crippen LogP contribution in [0, 0.1) is 0 Å². The number of carbonyl (C=O) groups excluding carboxylic acids is 1. The predicted molar refractivity (Wildman–Crippen MR) is 72.3 cm³/mol. The summed E-state index contributed by atoms with van der Waals surface area (Å²) in [6.45, 7) is 2.60. The van der Waals surface area contributed by atoms with E-state index in [4.69, 9.17) is 23.2 Å². The number of rotatable bonds is 3. The summed E-state index contributed by atoms with van der Waals surface area (Å²) in [7, 11) is 0. The summed E-state index contributed by atoms with van der Waals surface area (Å²) >= 11 is 11.7. The van der Waals surface area contributed by atoms with E-state index in [1.54, 1.807) is 6.07 Å². The Labute approximate surface area is 116 Å². The zero-order valence-corrected chi connectivity index (χ0v) is 11.5. The second-order valence-corrected chi connectivity index (χ2v) is 5.36. The number of nitrogens with one attached hydrogen (secondary N) is 2. The van der Waals surface area contributed by atoms with Crippen LogP contribution in [0.4, 0.5) is 5.82 Å². The van der Waals surface area contributed by atoms with E-state index in [0.29, 0.717) is 22.4 Å². The third-order valence-electron chi connectivity index (χ3n) is 3.04. The van der Waals surface area contributed by atoms with Gasteiger partial charge in [0.15, 0.2) is 12.4 Å². The lowest BCUT2D eigenvalue weighted by Gasteiger charge is -2.22. The molecule has 1 aliphatic heterocycles. The lowest BCUT2D eigenvalue weighted by Crippen LogP contribution is -3.13. The van der Waals surface area contributed by atoms with Crippen LogP contribution in [0.3, 0.4) is 0 Å². The van der Waals surface area contributed by atoms with Gasteiger partial charge in [-0.1, -0.05) is 23.2 Å². The molecule has 6 heteroatoms. The molecule has 0 radical (unpaired) electrons. The van der Waals surface area contributed by atoms with Crippen molar-refractivity contribution in [2.75, 3.05) is 25.0 Å². The fourth-order valence-electron chi connectivity index (χ4n) is 2.14. The van der Waals surface area contributed by atoms with E-state index in [0.717, 1.165) is 13.1 Å². The van der Waals surface area contributed by atoms with Gasteiger partial charge >= 0.3 is 0 Å². The molecular weight excluding hydrogens is 273 g/mol. The molecule has 1 aromatic heterocycles. The van der Waals surface area contributed by atoms with Gasteiger partial charge < -0.3 is 10.2 Å². The molecule has 0 aromatic carbocycles. The summed E-state index contributed by atoms with van der Waals surface area (Å²) in [4.78, 5) is 17.2. The van der Waals surface area contributed by atoms with E-state index < -0.39 is 0 Å². The quantitative estimate of drug-likeness (QED) is 0.883. The van der Waals surface area contributed by atoms with E-state index in [2.05, 4.69) is 10.3 Å². The molecule has 0 saturated carbocycles. The first kappa shape index (κ1) is 13.6. The van der Waals surface area contributed by atoms with Crippen molar-refractivity contribution in [1.82, 2.24) is 4.98 Å². The van der Waals surface area contributed by atoms with Crippen molar-refractivity contribution in [1.29, 1.82) is 0 Å². The molecule has 1 fully saturated rings. The first-order valence-corrected chi connectivity index (χ1v) is 6.85. The van der Waals surface area contributed by atoms with Gasteiger partial charge in [-0.2, -0.15) is 0 Å². The molecule has 1 amide bonds. The van der Waals surface area contributed by atoms with Crippen LogP contribution in [0.5, 0.6) is 0 Å². The summed E-state index contributed by atoms with van der Waals surface area (Å²) < 4.78 is 0. The normalized spacial score (nSPS) is 16.6. The first-order chi connectivity index (χ1) is 8.65. The molecule has 0 aliphatic carbocycles. The maximum Gasteiger partial charge on any atom is 0.280 e. The van der Waals surface area contributed by atoms with Gasteiger partial charge in [0.2, 0.25) is 0 Å². The van der Waals surface area contributed by atoms with E-state index in [-0.39, 0.29) is 5.91 Å². The van der Waals surface area contributed by atoms with Crippen molar-refractivity contribution >= 4 is 34.9 Å². The number of piperidine rings is 1. The van der Waals surface area contributed by atoms with Gasteiger partial charge in [0.25, 0.3) is 5.91 Å². The second-order valence-electron chi connectivity index (χ2n) is 4.52. The summed E-state index contributed by atoms with van der Waals surface area (Å²) in [5.74, 6) is 0.325. The van der Waals surface area contributed by atoms with E-state index in [1.807, 2.05) is 0 Å². The van der Waals surface area contributed by atoms with Crippen molar-refractivity contribution in [3.63, 3.8) is 0 Å². The van der Waals surface area contributed by atoms with Gasteiger partial charge in [-0.3, -0.25) is 4.79 Å². The number of pyridine rings is 1. The third kappa shape index (κ3) is 3.83. The number of likely N-dealkylation sites (tertiary alicyclic amines) is 1. The standard InChI is InChI=1S/C12H15Cl2N3O/c13-9-6-10(14)12(15-7-9)16-11(18)8-17-4-2-1-3-5-17/h6-7H,1-5,8H2,(H,15,16,18)/p+1. The van der Waals surface area contributed by atoms with Crippen LogP contribution in [0.2, 0.25) is 10.0 Å². The maximum absolute atomic E-state index is 11.9. The highest BCUT2D eigenvalue weighted by atomic mass is 35.5. The fourth-order valence-corrected chi connectivity index (χ4v) is 2.57. The minimum atomic E-state index is -0.0522. The highest BCUT2D eigenvalue weighted by Gasteiger charge is 2.18. The minimum Gasteiger partial charge on any atom is -0.327 e. The fraction of sp³-hybridized carbons (Fsp3) is 0.500. The van der Waals surface area contributed by atoms with Crippen molar-refractivity contribution < 1.29 is 9.69 Å². The zero-order chi connectivity index (χ0) is 13.0. The molecule has 0 spiro atoms. The zero-order valence-electron chi connectivity index (χ0n) is 10.0. The number of nitrogens with zero attached hydrogens (tertiary/aromatic N) is 1. The van der Waals surface area contributed by atoms with Gasteiger partial charge in [-0.25, -0.2) is 4.98 Å². The van der Waals surface area contributed by atoms with Crippen LogP contribution in [0.1, 0.15) is 19.3 Å². The van der Waals surface area contributed by atoms with Crippen LogP contribution in [-0.4, -0.2) is 30.5 Å². The van der Waals surface area contributed by atoms with Crippen molar-refractivity contribution in [3.05, 3.63) is 22.3 Å². The second kappa shape index (κ2) is 6.36. The molecule has 98 valence electrons. The molecule has 4 nitrogen and oxygen atoms in total. The molecule has 2 heterocycles. The highest BCUT2D eigenvalue weighted by molar-refractivity contribution is 6.36. The Morgan fingerprint density at radius 1 is 1.33 bits per heavy atom. The van der Waals surface area contributed by atoms with E-state index >= 15 is 0 Å². The number of halogens is 2. The Morgan fingerprint density at radius 2 is 2.06 bits per heavy atom. The Balaban J connectivity index is 1.90. The Bertz CT molecular complexity index is 433. The van der Waals surface area contributed by atoms with E-state index in [1.165, 1.54) is 30.4 Å². The monoisotopic (exact) mass is 288 g/mol. The molecule has 2 N–H and O–H groups in total. The Morgan fingerprint density at radius 3 is 2.72 bits per heavy atom. The SMILES string of the molecule is O=C(C[NH+]1CCCCC1)Nc1ncc(Cl)cc1Cl. The number of anilines is 1. The van der Waals surface area contributed by atoms with Crippen molar-refractivity contribution in [3.8, 4) is 0 Å². The predicted octanol–water partition coefficient (Wildman–Crippen LogP) is 1.40. The van der Waals surface area contributed by atoms with Crippen LogP contribution in [0.15, 0.2) is 12.3 Å². The van der Waals surface area contributed by atoms with E-state index in [9.17, 15) is 4.79 Å². The third-order valence-corrected chi connectivity index (χ3v) is 3.53. The average molecular weight is 289 g/mol. The van der Waals surface area contributed by atoms with Gasteiger partial charge in [0, 0.05) is 6.20 Å². The topological polar surface area (TPSA) is 46.4 Å². The molecule has 0 atom stereocenters. The molecule has 0 bridgehead atoms.